The van der Waals surface area contributed by atoms with Gasteiger partial charge in [0.1, 0.15) is 0 Å². The van der Waals surface area contributed by atoms with Gasteiger partial charge in [-0.05, 0) is 41.5 Å². The number of halogens is 1. The molecule has 5 heteroatoms. The van der Waals surface area contributed by atoms with Gasteiger partial charge in [-0.25, -0.2) is 0 Å². The minimum atomic E-state index is -0.208. The fourth-order valence-electron chi connectivity index (χ4n) is 1.50. The van der Waals surface area contributed by atoms with Gasteiger partial charge in [-0.1, -0.05) is 19.1 Å². The molecule has 0 radical (unpaired) electrons. The van der Waals surface area contributed by atoms with Gasteiger partial charge in [-0.2, -0.15) is 4.68 Å². The molecule has 0 saturated carbocycles. The Kier molecular flexibility index (Phi) is 3.19. The first-order chi connectivity index (χ1) is 7.72. The van der Waals surface area contributed by atoms with E-state index in [9.17, 15) is 0 Å². The number of hydrogen-bond acceptors (Lipinski definition) is 3. The van der Waals surface area contributed by atoms with Crippen LogP contribution in [0, 0.1) is 0 Å². The molecule has 1 aromatic carbocycles. The molecule has 0 amide bonds. The van der Waals surface area contributed by atoms with Crippen LogP contribution in [0.4, 0.5) is 0 Å². The Bertz CT molecular complexity index is 461. The van der Waals surface area contributed by atoms with Crippen LogP contribution in [-0.2, 0) is 6.42 Å². The quantitative estimate of drug-likeness (QED) is 0.770. The van der Waals surface area contributed by atoms with E-state index in [1.54, 1.807) is 4.68 Å². The van der Waals surface area contributed by atoms with Crippen LogP contribution < -0.4 is 0 Å². The van der Waals surface area contributed by atoms with Crippen LogP contribution in [0.15, 0.2) is 24.3 Å². The van der Waals surface area contributed by atoms with Gasteiger partial charge >= 0.3 is 0 Å². The first kappa shape index (κ1) is 11.1. The highest BCUT2D eigenvalue weighted by Crippen LogP contribution is 2.19. The maximum atomic E-state index is 5.99. The SMILES string of the molecule is CCc1ccc(-n2nnnc2C(C)Cl)cc1. The first-order valence-corrected chi connectivity index (χ1v) is 5.67. The standard InChI is InChI=1S/C11H13ClN4/c1-3-9-4-6-10(7-5-9)16-11(8(2)12)13-14-15-16/h4-8H,3H2,1-2H3. The Morgan fingerprint density at radius 3 is 2.56 bits per heavy atom. The van der Waals surface area contributed by atoms with Crippen LogP contribution in [-0.4, -0.2) is 20.2 Å². The smallest absolute Gasteiger partial charge is 0.174 e. The van der Waals surface area contributed by atoms with E-state index in [2.05, 4.69) is 34.6 Å². The van der Waals surface area contributed by atoms with E-state index in [1.807, 2.05) is 19.1 Å². The molecule has 1 heterocycles. The van der Waals surface area contributed by atoms with Crippen LogP contribution >= 0.6 is 11.6 Å². The van der Waals surface area contributed by atoms with E-state index >= 15 is 0 Å². The second kappa shape index (κ2) is 4.61. The molecule has 4 nitrogen and oxygen atoms in total. The lowest BCUT2D eigenvalue weighted by molar-refractivity contribution is 0.760. The Balaban J connectivity index is 2.38. The number of rotatable bonds is 3. The average molecular weight is 237 g/mol. The molecule has 0 N–H and O–H groups in total. The fourth-order valence-corrected chi connectivity index (χ4v) is 1.63. The van der Waals surface area contributed by atoms with Crippen molar-refractivity contribution in [2.75, 3.05) is 0 Å². The molecule has 2 rings (SSSR count). The van der Waals surface area contributed by atoms with Crippen molar-refractivity contribution < 1.29 is 0 Å². The molecule has 0 bridgehead atoms. The second-order valence-electron chi connectivity index (χ2n) is 3.58. The molecule has 0 spiro atoms. The zero-order chi connectivity index (χ0) is 11.5. The third-order valence-electron chi connectivity index (χ3n) is 2.44. The Morgan fingerprint density at radius 1 is 1.31 bits per heavy atom. The van der Waals surface area contributed by atoms with Crippen molar-refractivity contribution in [2.24, 2.45) is 0 Å². The van der Waals surface area contributed by atoms with E-state index < -0.39 is 0 Å². The van der Waals surface area contributed by atoms with E-state index in [-0.39, 0.29) is 5.38 Å². The monoisotopic (exact) mass is 236 g/mol. The zero-order valence-corrected chi connectivity index (χ0v) is 10.0. The number of nitrogens with zero attached hydrogens (tertiary/aromatic N) is 4. The highest BCUT2D eigenvalue weighted by atomic mass is 35.5. The molecule has 1 aromatic heterocycles. The number of aryl methyl sites for hydroxylation is 1. The number of hydrogen-bond donors (Lipinski definition) is 0. The number of tetrazole rings is 1. The van der Waals surface area contributed by atoms with E-state index in [0.29, 0.717) is 5.82 Å². The lowest BCUT2D eigenvalue weighted by Crippen LogP contribution is -2.03. The number of alkyl halides is 1. The van der Waals surface area contributed by atoms with Crippen LogP contribution in [0.1, 0.15) is 30.6 Å². The molecule has 1 atom stereocenters. The van der Waals surface area contributed by atoms with Gasteiger partial charge in [0.25, 0.3) is 0 Å². The minimum Gasteiger partial charge on any atom is -0.196 e. The summed E-state index contributed by atoms with van der Waals surface area (Å²) in [7, 11) is 0. The van der Waals surface area contributed by atoms with Gasteiger partial charge in [-0.15, -0.1) is 16.7 Å². The predicted molar refractivity (Wildman–Crippen MR) is 62.8 cm³/mol. The fraction of sp³-hybridized carbons (Fsp3) is 0.364. The Hall–Kier alpha value is -1.42. The zero-order valence-electron chi connectivity index (χ0n) is 9.26. The highest BCUT2D eigenvalue weighted by Gasteiger charge is 2.12. The summed E-state index contributed by atoms with van der Waals surface area (Å²) in [5.74, 6) is 0.658. The van der Waals surface area contributed by atoms with Crippen LogP contribution in [0.25, 0.3) is 5.69 Å². The van der Waals surface area contributed by atoms with E-state index in [0.717, 1.165) is 12.1 Å². The molecule has 84 valence electrons. The molecule has 0 aliphatic carbocycles. The third kappa shape index (κ3) is 2.07. The number of aromatic nitrogens is 4. The van der Waals surface area contributed by atoms with Crippen molar-refractivity contribution in [3.05, 3.63) is 35.7 Å². The summed E-state index contributed by atoms with van der Waals surface area (Å²) >= 11 is 5.99. The molecule has 16 heavy (non-hydrogen) atoms. The highest BCUT2D eigenvalue weighted by molar-refractivity contribution is 6.20. The van der Waals surface area contributed by atoms with Gasteiger partial charge < -0.3 is 0 Å². The first-order valence-electron chi connectivity index (χ1n) is 5.24. The maximum absolute atomic E-state index is 5.99. The lowest BCUT2D eigenvalue weighted by atomic mass is 10.1. The molecule has 0 aliphatic rings. The van der Waals surface area contributed by atoms with Gasteiger partial charge in [0.05, 0.1) is 11.1 Å². The van der Waals surface area contributed by atoms with Crippen molar-refractivity contribution in [1.82, 2.24) is 20.2 Å². The molecule has 2 aromatic rings. The van der Waals surface area contributed by atoms with E-state index in [1.165, 1.54) is 5.56 Å². The summed E-state index contributed by atoms with van der Waals surface area (Å²) in [6.45, 7) is 3.97. The molecule has 0 aliphatic heterocycles. The molecular weight excluding hydrogens is 224 g/mol. The molecule has 1 unspecified atom stereocenters. The second-order valence-corrected chi connectivity index (χ2v) is 4.24. The molecular formula is C11H13ClN4. The molecule has 0 fully saturated rings. The van der Waals surface area contributed by atoms with Gasteiger partial charge in [0.15, 0.2) is 5.82 Å². The minimum absolute atomic E-state index is 0.208. The summed E-state index contributed by atoms with van der Waals surface area (Å²) in [5.41, 5.74) is 2.22. The summed E-state index contributed by atoms with van der Waals surface area (Å²) in [4.78, 5) is 0. The average Bonchev–Trinajstić information content (AvgIpc) is 2.78. The van der Waals surface area contributed by atoms with Crippen molar-refractivity contribution in [1.29, 1.82) is 0 Å². The van der Waals surface area contributed by atoms with Crippen LogP contribution in [0.2, 0.25) is 0 Å². The third-order valence-corrected chi connectivity index (χ3v) is 2.63. The van der Waals surface area contributed by atoms with Crippen LogP contribution in [0.3, 0.4) is 0 Å². The van der Waals surface area contributed by atoms with Gasteiger partial charge in [0, 0.05) is 0 Å². The predicted octanol–water partition coefficient (Wildman–Crippen LogP) is 2.52. The Labute approximate surface area is 99.2 Å². The van der Waals surface area contributed by atoms with Crippen molar-refractivity contribution in [3.8, 4) is 5.69 Å². The van der Waals surface area contributed by atoms with E-state index in [4.69, 9.17) is 11.6 Å². The topological polar surface area (TPSA) is 43.6 Å². The maximum Gasteiger partial charge on any atom is 0.174 e. The van der Waals surface area contributed by atoms with Crippen molar-refractivity contribution >= 4 is 11.6 Å². The summed E-state index contributed by atoms with van der Waals surface area (Å²) in [5, 5.41) is 11.3. The molecule has 0 saturated heterocycles. The normalized spacial score (nSPS) is 12.7. The van der Waals surface area contributed by atoms with Gasteiger partial charge in [-0.3, -0.25) is 0 Å². The lowest BCUT2D eigenvalue weighted by Gasteiger charge is -2.06. The summed E-state index contributed by atoms with van der Waals surface area (Å²) in [6.07, 6.45) is 1.02. The largest absolute Gasteiger partial charge is 0.196 e. The summed E-state index contributed by atoms with van der Waals surface area (Å²) in [6, 6.07) is 8.13. The van der Waals surface area contributed by atoms with Crippen LogP contribution in [0.5, 0.6) is 0 Å². The summed E-state index contributed by atoms with van der Waals surface area (Å²) < 4.78 is 1.66. The van der Waals surface area contributed by atoms with Crippen molar-refractivity contribution in [2.45, 2.75) is 25.6 Å². The Morgan fingerprint density at radius 2 is 2.00 bits per heavy atom. The van der Waals surface area contributed by atoms with Gasteiger partial charge in [0.2, 0.25) is 0 Å². The van der Waals surface area contributed by atoms with Crippen molar-refractivity contribution in [3.63, 3.8) is 0 Å². The number of benzene rings is 1.